The molecular weight excluding hydrogens is 250 g/mol. The van der Waals surface area contributed by atoms with E-state index < -0.39 is 0 Å². The topological polar surface area (TPSA) is 12.0 Å². The highest BCUT2D eigenvalue weighted by Crippen LogP contribution is 2.12. The number of thiophene rings is 1. The quantitative estimate of drug-likeness (QED) is 0.505. The van der Waals surface area contributed by atoms with E-state index in [0.29, 0.717) is 0 Å². The minimum atomic E-state index is 0.747. The maximum atomic E-state index is 3.78. The minimum Gasteiger partial charge on any atom is -0.314 e. The van der Waals surface area contributed by atoms with Gasteiger partial charge in [-0.2, -0.15) is 11.3 Å². The van der Waals surface area contributed by atoms with Crippen LogP contribution in [0.5, 0.6) is 0 Å². The number of hydrogen-bond donors (Lipinski definition) is 1. The van der Waals surface area contributed by atoms with Gasteiger partial charge in [0.05, 0.1) is 0 Å². The van der Waals surface area contributed by atoms with E-state index in [1.807, 2.05) is 0 Å². The fourth-order valence-electron chi connectivity index (χ4n) is 2.49. The number of nitrogens with one attached hydrogen (secondary N) is 1. The van der Waals surface area contributed by atoms with Crippen molar-refractivity contribution in [3.8, 4) is 0 Å². The fraction of sp³-hybridized carbons (Fsp3) is 0.765. The van der Waals surface area contributed by atoms with Crippen LogP contribution in [0, 0.1) is 0 Å². The van der Waals surface area contributed by atoms with Gasteiger partial charge in [-0.1, -0.05) is 52.4 Å². The van der Waals surface area contributed by atoms with Crippen molar-refractivity contribution in [3.63, 3.8) is 0 Å². The Kier molecular flexibility index (Phi) is 10.1. The molecule has 0 amide bonds. The van der Waals surface area contributed by atoms with Gasteiger partial charge < -0.3 is 5.32 Å². The summed E-state index contributed by atoms with van der Waals surface area (Å²) >= 11 is 1.80. The van der Waals surface area contributed by atoms with Crippen LogP contribution in [0.25, 0.3) is 0 Å². The molecule has 0 aliphatic rings. The van der Waals surface area contributed by atoms with E-state index in [0.717, 1.165) is 12.6 Å². The van der Waals surface area contributed by atoms with E-state index in [9.17, 15) is 0 Å². The Hall–Kier alpha value is -0.340. The summed E-state index contributed by atoms with van der Waals surface area (Å²) in [6.45, 7) is 5.71. The molecule has 0 aliphatic carbocycles. The number of rotatable bonds is 12. The third-order valence-electron chi connectivity index (χ3n) is 3.74. The molecule has 0 spiro atoms. The second-order valence-corrected chi connectivity index (χ2v) is 6.30. The van der Waals surface area contributed by atoms with Gasteiger partial charge in [0.1, 0.15) is 0 Å². The van der Waals surface area contributed by atoms with Gasteiger partial charge in [-0.05, 0) is 48.2 Å². The second kappa shape index (κ2) is 11.5. The van der Waals surface area contributed by atoms with Gasteiger partial charge >= 0.3 is 0 Å². The Labute approximate surface area is 123 Å². The molecule has 2 heteroatoms. The van der Waals surface area contributed by atoms with Crippen molar-refractivity contribution < 1.29 is 0 Å². The Bertz CT molecular complexity index is 271. The van der Waals surface area contributed by atoms with Crippen LogP contribution < -0.4 is 5.32 Å². The average Bonchev–Trinajstić information content (AvgIpc) is 2.92. The molecule has 0 fully saturated rings. The van der Waals surface area contributed by atoms with Crippen LogP contribution in [0.2, 0.25) is 0 Å². The van der Waals surface area contributed by atoms with Crippen LogP contribution in [0.1, 0.15) is 70.8 Å². The Morgan fingerprint density at radius 3 is 2.26 bits per heavy atom. The van der Waals surface area contributed by atoms with Crippen molar-refractivity contribution in [2.24, 2.45) is 0 Å². The lowest BCUT2D eigenvalue weighted by Crippen LogP contribution is -2.30. The normalized spacial score (nSPS) is 11.3. The van der Waals surface area contributed by atoms with Gasteiger partial charge in [-0.3, -0.25) is 0 Å². The molecule has 1 heterocycles. The Morgan fingerprint density at radius 2 is 1.74 bits per heavy atom. The summed E-state index contributed by atoms with van der Waals surface area (Å²) in [5, 5.41) is 8.23. The highest BCUT2D eigenvalue weighted by molar-refractivity contribution is 7.07. The van der Waals surface area contributed by atoms with Crippen molar-refractivity contribution >= 4 is 11.3 Å². The van der Waals surface area contributed by atoms with Gasteiger partial charge in [0, 0.05) is 6.04 Å². The van der Waals surface area contributed by atoms with Gasteiger partial charge in [0.25, 0.3) is 0 Å². The standard InChI is InChI=1S/C17H31NS/c1-3-5-7-9-17(10-8-6-4-2)18-13-11-16-12-14-19-15-16/h12,14-15,17-18H,3-11,13H2,1-2H3. The van der Waals surface area contributed by atoms with E-state index in [4.69, 9.17) is 0 Å². The molecular formula is C17H31NS. The molecule has 1 rings (SSSR count). The number of hydrogen-bond acceptors (Lipinski definition) is 2. The molecule has 1 aromatic rings. The fourth-order valence-corrected chi connectivity index (χ4v) is 3.19. The molecule has 0 saturated heterocycles. The molecule has 1 N–H and O–H groups in total. The van der Waals surface area contributed by atoms with Gasteiger partial charge in [-0.15, -0.1) is 0 Å². The highest BCUT2D eigenvalue weighted by Gasteiger charge is 2.07. The van der Waals surface area contributed by atoms with Crippen molar-refractivity contribution in [1.29, 1.82) is 0 Å². The van der Waals surface area contributed by atoms with E-state index in [-0.39, 0.29) is 0 Å². The smallest absolute Gasteiger partial charge is 0.00671 e. The lowest BCUT2D eigenvalue weighted by Gasteiger charge is -2.18. The van der Waals surface area contributed by atoms with E-state index in [1.165, 1.54) is 63.4 Å². The van der Waals surface area contributed by atoms with Gasteiger partial charge in [0.15, 0.2) is 0 Å². The van der Waals surface area contributed by atoms with Crippen molar-refractivity contribution in [3.05, 3.63) is 22.4 Å². The molecule has 1 aromatic heterocycles. The maximum absolute atomic E-state index is 3.78. The van der Waals surface area contributed by atoms with Crippen LogP contribution in [0.15, 0.2) is 16.8 Å². The third-order valence-corrected chi connectivity index (χ3v) is 4.47. The summed E-state index contributed by atoms with van der Waals surface area (Å²) in [7, 11) is 0. The first-order valence-corrected chi connectivity index (χ1v) is 9.05. The lowest BCUT2D eigenvalue weighted by molar-refractivity contribution is 0.421. The second-order valence-electron chi connectivity index (χ2n) is 5.52. The monoisotopic (exact) mass is 281 g/mol. The first-order chi connectivity index (χ1) is 9.36. The van der Waals surface area contributed by atoms with Gasteiger partial charge in [-0.25, -0.2) is 0 Å². The zero-order chi connectivity index (χ0) is 13.8. The van der Waals surface area contributed by atoms with Crippen molar-refractivity contribution in [2.75, 3.05) is 6.54 Å². The van der Waals surface area contributed by atoms with Crippen LogP contribution in [0.4, 0.5) is 0 Å². The summed E-state index contributed by atoms with van der Waals surface area (Å²) < 4.78 is 0. The minimum absolute atomic E-state index is 0.747. The van der Waals surface area contributed by atoms with Gasteiger partial charge in [0.2, 0.25) is 0 Å². The van der Waals surface area contributed by atoms with Crippen molar-refractivity contribution in [2.45, 2.75) is 77.7 Å². The Morgan fingerprint density at radius 1 is 1.05 bits per heavy atom. The molecule has 0 radical (unpaired) electrons. The van der Waals surface area contributed by atoms with Crippen LogP contribution in [-0.2, 0) is 6.42 Å². The van der Waals surface area contributed by atoms with Crippen LogP contribution >= 0.6 is 11.3 Å². The zero-order valence-electron chi connectivity index (χ0n) is 12.8. The summed E-state index contributed by atoms with van der Waals surface area (Å²) in [4.78, 5) is 0. The molecule has 0 unspecified atom stereocenters. The van der Waals surface area contributed by atoms with E-state index in [1.54, 1.807) is 11.3 Å². The summed E-state index contributed by atoms with van der Waals surface area (Å²) in [5.74, 6) is 0. The summed E-state index contributed by atoms with van der Waals surface area (Å²) in [5.41, 5.74) is 1.48. The number of unbranched alkanes of at least 4 members (excludes halogenated alkanes) is 4. The predicted octanol–water partition coefficient (Wildman–Crippen LogP) is 5.41. The summed E-state index contributed by atoms with van der Waals surface area (Å²) in [6, 6.07) is 2.99. The lowest BCUT2D eigenvalue weighted by atomic mass is 10.0. The molecule has 19 heavy (non-hydrogen) atoms. The SMILES string of the molecule is CCCCCC(CCCCC)NCCc1ccsc1. The summed E-state index contributed by atoms with van der Waals surface area (Å²) in [6.07, 6.45) is 12.1. The Balaban J connectivity index is 2.18. The van der Waals surface area contributed by atoms with Crippen LogP contribution in [-0.4, -0.2) is 12.6 Å². The first-order valence-electron chi connectivity index (χ1n) is 8.11. The first kappa shape index (κ1) is 16.7. The molecule has 0 bridgehead atoms. The van der Waals surface area contributed by atoms with Crippen molar-refractivity contribution in [1.82, 2.24) is 5.32 Å². The molecule has 1 nitrogen and oxygen atoms in total. The molecule has 110 valence electrons. The highest BCUT2D eigenvalue weighted by atomic mass is 32.1. The average molecular weight is 282 g/mol. The third kappa shape index (κ3) is 8.43. The van der Waals surface area contributed by atoms with E-state index >= 15 is 0 Å². The molecule has 0 saturated carbocycles. The zero-order valence-corrected chi connectivity index (χ0v) is 13.6. The van der Waals surface area contributed by atoms with Crippen LogP contribution in [0.3, 0.4) is 0 Å². The largest absolute Gasteiger partial charge is 0.314 e. The molecule has 0 aromatic carbocycles. The van der Waals surface area contributed by atoms with E-state index in [2.05, 4.69) is 36.0 Å². The maximum Gasteiger partial charge on any atom is 0.00671 e. The molecule has 0 aliphatic heterocycles. The predicted molar refractivity (Wildman–Crippen MR) is 88.1 cm³/mol. The molecule has 0 atom stereocenters.